The summed E-state index contributed by atoms with van der Waals surface area (Å²) in [5.41, 5.74) is 4.68. The van der Waals surface area contributed by atoms with Crippen molar-refractivity contribution >= 4 is 24.9 Å². The summed E-state index contributed by atoms with van der Waals surface area (Å²) in [6.45, 7) is 5.86. The van der Waals surface area contributed by atoms with Crippen LogP contribution in [0.2, 0.25) is 0 Å². The molecule has 3 rings (SSSR count). The molecular formula is C22H24N4O2. The molecule has 0 unspecified atom stereocenters. The van der Waals surface area contributed by atoms with E-state index < -0.39 is 0 Å². The molecule has 0 aromatic heterocycles. The average molecular weight is 376 g/mol. The standard InChI is InChI=1S/C22H24N4O2/c1-15-7-17-11-23-3-5-25-13-19-9-16(2)10-20(22(19)28)14-26-6-4-24-12-18(8-15)21(17)27/h7-14,27-28H,3-6H2,1-2H3. The highest BCUT2D eigenvalue weighted by molar-refractivity contribution is 5.93. The summed E-state index contributed by atoms with van der Waals surface area (Å²) in [5.74, 6) is 0.336. The van der Waals surface area contributed by atoms with Crippen LogP contribution in [0.5, 0.6) is 11.5 Å². The lowest BCUT2D eigenvalue weighted by atomic mass is 10.1. The number of aryl methyl sites for hydroxylation is 2. The molecule has 0 radical (unpaired) electrons. The van der Waals surface area contributed by atoms with E-state index in [1.54, 1.807) is 24.9 Å². The molecule has 1 aliphatic heterocycles. The van der Waals surface area contributed by atoms with Gasteiger partial charge in [-0.1, -0.05) is 0 Å². The van der Waals surface area contributed by atoms with Gasteiger partial charge in [-0.3, -0.25) is 20.0 Å². The molecular weight excluding hydrogens is 352 g/mol. The smallest absolute Gasteiger partial charge is 0.133 e. The van der Waals surface area contributed by atoms with Gasteiger partial charge in [-0.05, 0) is 49.2 Å². The van der Waals surface area contributed by atoms with Gasteiger partial charge < -0.3 is 10.2 Å². The van der Waals surface area contributed by atoms with Crippen molar-refractivity contribution in [1.82, 2.24) is 0 Å². The third-order valence-corrected chi connectivity index (χ3v) is 4.26. The van der Waals surface area contributed by atoms with E-state index in [2.05, 4.69) is 20.0 Å². The summed E-state index contributed by atoms with van der Waals surface area (Å²) in [5, 5.41) is 20.9. The molecule has 28 heavy (non-hydrogen) atoms. The van der Waals surface area contributed by atoms with Crippen LogP contribution in [0.15, 0.2) is 44.2 Å². The second-order valence-electron chi connectivity index (χ2n) is 6.73. The second kappa shape index (κ2) is 9.08. The summed E-state index contributed by atoms with van der Waals surface area (Å²) in [4.78, 5) is 17.4. The molecule has 0 saturated heterocycles. The first kappa shape index (κ1) is 19.5. The third kappa shape index (κ3) is 4.91. The van der Waals surface area contributed by atoms with Crippen LogP contribution in [0.25, 0.3) is 0 Å². The van der Waals surface area contributed by atoms with E-state index in [0.717, 1.165) is 11.1 Å². The largest absolute Gasteiger partial charge is 0.507 e. The summed E-state index contributed by atoms with van der Waals surface area (Å²) >= 11 is 0. The van der Waals surface area contributed by atoms with Crippen molar-refractivity contribution in [2.24, 2.45) is 20.0 Å². The number of phenolic OH excluding ortho intramolecular Hbond substituents is 2. The molecule has 2 aromatic rings. The van der Waals surface area contributed by atoms with Crippen molar-refractivity contribution in [3.8, 4) is 11.5 Å². The SMILES string of the molecule is Cc1cc2c(O)c(c1)C=NCCN=Cc1cc(C)cc(c1O)C=NCCN=C2. The number of hydrogen-bond acceptors (Lipinski definition) is 6. The maximum atomic E-state index is 10.4. The summed E-state index contributed by atoms with van der Waals surface area (Å²) < 4.78 is 0. The Hall–Kier alpha value is -3.28. The lowest BCUT2D eigenvalue weighted by Crippen LogP contribution is -1.97. The fraction of sp³-hybridized carbons (Fsp3) is 0.273. The Morgan fingerprint density at radius 2 is 0.786 bits per heavy atom. The predicted molar refractivity (Wildman–Crippen MR) is 116 cm³/mol. The van der Waals surface area contributed by atoms with Crippen LogP contribution in [-0.4, -0.2) is 61.3 Å². The van der Waals surface area contributed by atoms with Crippen LogP contribution >= 0.6 is 0 Å². The molecule has 0 spiro atoms. The number of rotatable bonds is 0. The van der Waals surface area contributed by atoms with Crippen LogP contribution < -0.4 is 0 Å². The highest BCUT2D eigenvalue weighted by Gasteiger charge is 2.07. The van der Waals surface area contributed by atoms with Gasteiger partial charge in [0.05, 0.1) is 26.2 Å². The molecule has 0 fully saturated rings. The van der Waals surface area contributed by atoms with Crippen LogP contribution in [0.3, 0.4) is 0 Å². The molecule has 0 saturated carbocycles. The number of hydrogen-bond donors (Lipinski definition) is 2. The van der Waals surface area contributed by atoms with E-state index in [4.69, 9.17) is 0 Å². The van der Waals surface area contributed by atoms with Crippen molar-refractivity contribution in [3.63, 3.8) is 0 Å². The van der Waals surface area contributed by atoms with Crippen molar-refractivity contribution < 1.29 is 10.2 Å². The van der Waals surface area contributed by atoms with Crippen LogP contribution in [0, 0.1) is 13.8 Å². The Morgan fingerprint density at radius 3 is 1.04 bits per heavy atom. The zero-order chi connectivity index (χ0) is 19.9. The van der Waals surface area contributed by atoms with Crippen molar-refractivity contribution in [2.45, 2.75) is 13.8 Å². The zero-order valence-electron chi connectivity index (χ0n) is 16.1. The third-order valence-electron chi connectivity index (χ3n) is 4.26. The summed E-state index contributed by atoms with van der Waals surface area (Å²) in [6.07, 6.45) is 6.63. The molecule has 1 heterocycles. The van der Waals surface area contributed by atoms with Gasteiger partial charge in [0.1, 0.15) is 11.5 Å². The van der Waals surface area contributed by atoms with Crippen molar-refractivity contribution in [3.05, 3.63) is 57.6 Å². The Balaban J connectivity index is 1.92. The van der Waals surface area contributed by atoms with Gasteiger partial charge in [-0.25, -0.2) is 0 Å². The van der Waals surface area contributed by atoms with Crippen LogP contribution in [0.4, 0.5) is 0 Å². The van der Waals surface area contributed by atoms with E-state index in [9.17, 15) is 10.2 Å². The molecule has 2 N–H and O–H groups in total. The fourth-order valence-corrected chi connectivity index (χ4v) is 2.95. The first-order chi connectivity index (χ1) is 13.5. The van der Waals surface area contributed by atoms with Crippen molar-refractivity contribution in [2.75, 3.05) is 26.2 Å². The van der Waals surface area contributed by atoms with Crippen LogP contribution in [-0.2, 0) is 0 Å². The number of aromatic hydroxyl groups is 2. The lowest BCUT2D eigenvalue weighted by molar-refractivity contribution is 0.473. The Labute approximate surface area is 164 Å². The van der Waals surface area contributed by atoms with E-state index in [1.165, 1.54) is 0 Å². The monoisotopic (exact) mass is 376 g/mol. The fourth-order valence-electron chi connectivity index (χ4n) is 2.95. The van der Waals surface area contributed by atoms with E-state index in [1.807, 2.05) is 38.1 Å². The van der Waals surface area contributed by atoms with Crippen molar-refractivity contribution in [1.29, 1.82) is 0 Å². The molecule has 1 aliphatic rings. The maximum Gasteiger partial charge on any atom is 0.133 e. The van der Waals surface area contributed by atoms with E-state index >= 15 is 0 Å². The van der Waals surface area contributed by atoms with Gasteiger partial charge >= 0.3 is 0 Å². The van der Waals surface area contributed by atoms with Crippen LogP contribution in [0.1, 0.15) is 33.4 Å². The van der Waals surface area contributed by atoms with Gasteiger partial charge in [0, 0.05) is 47.1 Å². The first-order valence-corrected chi connectivity index (χ1v) is 9.21. The first-order valence-electron chi connectivity index (χ1n) is 9.21. The summed E-state index contributed by atoms with van der Waals surface area (Å²) in [7, 11) is 0. The minimum atomic E-state index is 0.168. The van der Waals surface area contributed by atoms with Gasteiger partial charge in [-0.2, -0.15) is 0 Å². The molecule has 4 bridgehead atoms. The molecule has 6 heteroatoms. The minimum absolute atomic E-state index is 0.168. The quantitative estimate of drug-likeness (QED) is 0.740. The Morgan fingerprint density at radius 1 is 0.536 bits per heavy atom. The van der Waals surface area contributed by atoms with Gasteiger partial charge in [-0.15, -0.1) is 0 Å². The number of aliphatic imine (C=N–C) groups is 4. The van der Waals surface area contributed by atoms with E-state index in [-0.39, 0.29) is 11.5 Å². The Bertz CT molecular complexity index is 825. The average Bonchev–Trinajstić information content (AvgIpc) is 2.66. The van der Waals surface area contributed by atoms with Gasteiger partial charge in [0.2, 0.25) is 0 Å². The molecule has 144 valence electrons. The molecule has 6 nitrogen and oxygen atoms in total. The molecule has 0 amide bonds. The number of fused-ring (bicyclic) bond motifs is 4. The van der Waals surface area contributed by atoms with Gasteiger partial charge in [0.25, 0.3) is 0 Å². The summed E-state index contributed by atoms with van der Waals surface area (Å²) in [6, 6.07) is 7.53. The lowest BCUT2D eigenvalue weighted by Gasteiger charge is -2.06. The zero-order valence-corrected chi connectivity index (χ0v) is 16.1. The molecule has 0 atom stereocenters. The highest BCUT2D eigenvalue weighted by Crippen LogP contribution is 2.23. The van der Waals surface area contributed by atoms with E-state index in [0.29, 0.717) is 48.4 Å². The van der Waals surface area contributed by atoms with Gasteiger partial charge in [0.15, 0.2) is 0 Å². The maximum absolute atomic E-state index is 10.4. The molecule has 2 aromatic carbocycles. The highest BCUT2D eigenvalue weighted by atomic mass is 16.3. The number of phenols is 2. The predicted octanol–water partition coefficient (Wildman–Crippen LogP) is 3.10. The Kier molecular flexibility index (Phi) is 6.32. The number of nitrogens with zero attached hydrogens (tertiary/aromatic N) is 4. The normalized spacial score (nSPS) is 14.6. The minimum Gasteiger partial charge on any atom is -0.507 e. The second-order valence-corrected chi connectivity index (χ2v) is 6.73. The topological polar surface area (TPSA) is 89.9 Å². The number of benzene rings is 2. The molecule has 0 aliphatic carbocycles.